The van der Waals surface area contributed by atoms with Gasteiger partial charge in [0.05, 0.1) is 7.11 Å². The summed E-state index contributed by atoms with van der Waals surface area (Å²) in [7, 11) is 3.69. The number of methoxy groups -OCH3 is 1. The number of nitrogens with one attached hydrogen (secondary N) is 1. The number of likely N-dealkylation sites (N-methyl/N-ethyl adjacent to an activating group) is 1. The second kappa shape index (κ2) is 8.14. The lowest BCUT2D eigenvalue weighted by Crippen LogP contribution is -2.55. The van der Waals surface area contributed by atoms with Gasteiger partial charge in [0, 0.05) is 6.04 Å². The van der Waals surface area contributed by atoms with Gasteiger partial charge in [-0.25, -0.2) is 0 Å². The molecule has 0 aromatic rings. The molecule has 0 amide bonds. The molecular weight excluding hydrogens is 264 g/mol. The topological polar surface area (TPSA) is 41.6 Å². The fraction of sp³-hybridized carbons (Fsp3) is 0.941. The van der Waals surface area contributed by atoms with Gasteiger partial charge in [0.1, 0.15) is 5.54 Å². The van der Waals surface area contributed by atoms with Crippen molar-refractivity contribution < 1.29 is 9.53 Å². The highest BCUT2D eigenvalue weighted by molar-refractivity contribution is 5.81. The molecule has 1 saturated carbocycles. The van der Waals surface area contributed by atoms with Crippen molar-refractivity contribution in [1.82, 2.24) is 10.2 Å². The third-order valence-corrected chi connectivity index (χ3v) is 5.35. The Morgan fingerprint density at radius 1 is 1.43 bits per heavy atom. The fourth-order valence-electron chi connectivity index (χ4n) is 3.61. The van der Waals surface area contributed by atoms with Gasteiger partial charge < -0.3 is 15.0 Å². The third-order valence-electron chi connectivity index (χ3n) is 5.35. The maximum absolute atomic E-state index is 12.3. The minimum atomic E-state index is -0.453. The molecule has 0 aliphatic heterocycles. The number of carbonyl (C=O) groups excluding carboxylic acids is 1. The zero-order chi connectivity index (χ0) is 16.0. The molecule has 0 aromatic carbocycles. The summed E-state index contributed by atoms with van der Waals surface area (Å²) in [6.07, 6.45) is 4.18. The highest BCUT2D eigenvalue weighted by Crippen LogP contribution is 2.39. The Bertz CT molecular complexity index is 333. The highest BCUT2D eigenvalue weighted by Gasteiger charge is 2.49. The summed E-state index contributed by atoms with van der Waals surface area (Å²) in [5.41, 5.74) is -0.453. The van der Waals surface area contributed by atoms with Gasteiger partial charge in [0.2, 0.25) is 0 Å². The van der Waals surface area contributed by atoms with Gasteiger partial charge in [0.15, 0.2) is 0 Å². The minimum absolute atomic E-state index is 0.0774. The summed E-state index contributed by atoms with van der Waals surface area (Å²) in [6.45, 7) is 10.7. The van der Waals surface area contributed by atoms with Gasteiger partial charge in [-0.05, 0) is 58.2 Å². The summed E-state index contributed by atoms with van der Waals surface area (Å²) < 4.78 is 5.10. The number of hydrogen-bond donors (Lipinski definition) is 1. The van der Waals surface area contributed by atoms with Gasteiger partial charge in [-0.15, -0.1) is 0 Å². The van der Waals surface area contributed by atoms with Crippen LogP contribution in [0, 0.1) is 11.8 Å². The molecule has 1 rings (SSSR count). The van der Waals surface area contributed by atoms with Crippen LogP contribution in [0.3, 0.4) is 0 Å². The van der Waals surface area contributed by atoms with E-state index in [-0.39, 0.29) is 5.97 Å². The van der Waals surface area contributed by atoms with E-state index in [1.54, 1.807) is 0 Å². The van der Waals surface area contributed by atoms with E-state index < -0.39 is 5.54 Å². The third kappa shape index (κ3) is 4.19. The Morgan fingerprint density at radius 2 is 2.10 bits per heavy atom. The van der Waals surface area contributed by atoms with Crippen LogP contribution >= 0.6 is 0 Å². The van der Waals surface area contributed by atoms with E-state index in [0.717, 1.165) is 38.8 Å². The van der Waals surface area contributed by atoms with E-state index in [2.05, 4.69) is 45.0 Å². The average molecular weight is 298 g/mol. The predicted molar refractivity (Wildman–Crippen MR) is 87.3 cm³/mol. The highest BCUT2D eigenvalue weighted by atomic mass is 16.5. The van der Waals surface area contributed by atoms with Crippen LogP contribution in [-0.2, 0) is 9.53 Å². The molecule has 1 aliphatic carbocycles. The number of ether oxygens (including phenoxy) is 1. The maximum atomic E-state index is 12.3. The summed E-state index contributed by atoms with van der Waals surface area (Å²) in [5, 5.41) is 3.44. The Morgan fingerprint density at radius 3 is 2.62 bits per heavy atom. The van der Waals surface area contributed by atoms with Crippen LogP contribution in [0.25, 0.3) is 0 Å². The molecule has 1 fully saturated rings. The van der Waals surface area contributed by atoms with Crippen molar-refractivity contribution in [2.24, 2.45) is 11.8 Å². The Hall–Kier alpha value is -0.610. The molecule has 1 N–H and O–H groups in total. The lowest BCUT2D eigenvalue weighted by Gasteiger charge is -2.35. The van der Waals surface area contributed by atoms with Crippen molar-refractivity contribution in [2.75, 3.05) is 27.2 Å². The molecule has 0 bridgehead atoms. The Labute approximate surface area is 130 Å². The Kier molecular flexibility index (Phi) is 7.14. The summed E-state index contributed by atoms with van der Waals surface area (Å²) in [6, 6.07) is 0.568. The van der Waals surface area contributed by atoms with Gasteiger partial charge in [0.25, 0.3) is 0 Å². The number of hydrogen-bond acceptors (Lipinski definition) is 4. The van der Waals surface area contributed by atoms with Crippen LogP contribution in [-0.4, -0.2) is 49.7 Å². The van der Waals surface area contributed by atoms with E-state index in [4.69, 9.17) is 4.74 Å². The Balaban J connectivity index is 2.69. The molecule has 3 unspecified atom stereocenters. The van der Waals surface area contributed by atoms with Crippen LogP contribution in [0.15, 0.2) is 0 Å². The van der Waals surface area contributed by atoms with Crippen LogP contribution < -0.4 is 5.32 Å². The van der Waals surface area contributed by atoms with Crippen LogP contribution in [0.4, 0.5) is 0 Å². The van der Waals surface area contributed by atoms with E-state index in [0.29, 0.717) is 17.9 Å². The van der Waals surface area contributed by atoms with Crippen LogP contribution in [0.5, 0.6) is 0 Å². The maximum Gasteiger partial charge on any atom is 0.326 e. The standard InChI is InChI=1S/C17H34N2O2/c1-7-18-17(16(20)21-6)11-8-9-15(17)10-12-19(5)14(4)13(2)3/h13-15,18H,7-12H2,1-6H3. The molecule has 0 saturated heterocycles. The van der Waals surface area contributed by atoms with Gasteiger partial charge in [-0.1, -0.05) is 27.2 Å². The number of carbonyl (C=O) groups is 1. The molecule has 3 atom stereocenters. The first kappa shape index (κ1) is 18.4. The zero-order valence-electron chi connectivity index (χ0n) is 14.7. The van der Waals surface area contributed by atoms with E-state index >= 15 is 0 Å². The molecule has 4 heteroatoms. The number of rotatable bonds is 8. The normalized spacial score (nSPS) is 27.3. The number of esters is 1. The lowest BCUT2D eigenvalue weighted by molar-refractivity contribution is -0.150. The molecule has 0 radical (unpaired) electrons. The first-order valence-corrected chi connectivity index (χ1v) is 8.42. The van der Waals surface area contributed by atoms with Crippen molar-refractivity contribution in [1.29, 1.82) is 0 Å². The number of nitrogens with zero attached hydrogens (tertiary/aromatic N) is 1. The van der Waals surface area contributed by atoms with Crippen molar-refractivity contribution in [3.05, 3.63) is 0 Å². The van der Waals surface area contributed by atoms with Crippen LogP contribution in [0.1, 0.15) is 53.4 Å². The molecule has 0 heterocycles. The lowest BCUT2D eigenvalue weighted by atomic mass is 9.84. The van der Waals surface area contributed by atoms with Gasteiger partial charge in [-0.3, -0.25) is 4.79 Å². The molecule has 0 aromatic heterocycles. The van der Waals surface area contributed by atoms with E-state index in [9.17, 15) is 4.79 Å². The SMILES string of the molecule is CCNC1(C(=O)OC)CCCC1CCN(C)C(C)C(C)C. The quantitative estimate of drug-likeness (QED) is 0.700. The largest absolute Gasteiger partial charge is 0.468 e. The molecule has 4 nitrogen and oxygen atoms in total. The van der Waals surface area contributed by atoms with Crippen molar-refractivity contribution >= 4 is 5.97 Å². The fourth-order valence-corrected chi connectivity index (χ4v) is 3.61. The molecule has 0 spiro atoms. The van der Waals surface area contributed by atoms with Gasteiger partial charge in [-0.2, -0.15) is 0 Å². The minimum Gasteiger partial charge on any atom is -0.468 e. The second-order valence-electron chi connectivity index (χ2n) is 6.84. The van der Waals surface area contributed by atoms with Gasteiger partial charge >= 0.3 is 5.97 Å². The van der Waals surface area contributed by atoms with Crippen molar-refractivity contribution in [3.63, 3.8) is 0 Å². The first-order valence-electron chi connectivity index (χ1n) is 8.42. The van der Waals surface area contributed by atoms with Crippen LogP contribution in [0.2, 0.25) is 0 Å². The predicted octanol–water partition coefficient (Wildman–Crippen LogP) is 2.67. The molecule has 21 heavy (non-hydrogen) atoms. The van der Waals surface area contributed by atoms with E-state index in [1.807, 2.05) is 0 Å². The summed E-state index contributed by atoms with van der Waals surface area (Å²) >= 11 is 0. The van der Waals surface area contributed by atoms with Crippen molar-refractivity contribution in [2.45, 2.75) is 65.0 Å². The molecule has 1 aliphatic rings. The average Bonchev–Trinajstić information content (AvgIpc) is 2.87. The van der Waals surface area contributed by atoms with Crippen molar-refractivity contribution in [3.8, 4) is 0 Å². The zero-order valence-corrected chi connectivity index (χ0v) is 14.7. The smallest absolute Gasteiger partial charge is 0.326 e. The molecule has 124 valence electrons. The first-order chi connectivity index (χ1) is 9.89. The molecular formula is C17H34N2O2. The van der Waals surface area contributed by atoms with E-state index in [1.165, 1.54) is 7.11 Å². The monoisotopic (exact) mass is 298 g/mol. The summed E-state index contributed by atoms with van der Waals surface area (Å²) in [5.74, 6) is 0.954. The second-order valence-corrected chi connectivity index (χ2v) is 6.84. The summed E-state index contributed by atoms with van der Waals surface area (Å²) in [4.78, 5) is 14.7.